The molecule has 0 atom stereocenters. The molecule has 1 aliphatic rings. The van der Waals surface area contributed by atoms with Crippen LogP contribution in [-0.4, -0.2) is 34.3 Å². The van der Waals surface area contributed by atoms with E-state index in [0.717, 1.165) is 27.5 Å². The van der Waals surface area contributed by atoms with Gasteiger partial charge >= 0.3 is 5.97 Å². The quantitative estimate of drug-likeness (QED) is 0.709. The maximum atomic E-state index is 13.8. The molecule has 0 amide bonds. The lowest BCUT2D eigenvalue weighted by atomic mass is 10.1. The van der Waals surface area contributed by atoms with Crippen molar-refractivity contribution < 1.29 is 14.3 Å². The van der Waals surface area contributed by atoms with Crippen molar-refractivity contribution in [1.29, 1.82) is 0 Å². The monoisotopic (exact) mass is 368 g/mol. The van der Waals surface area contributed by atoms with Gasteiger partial charge in [-0.1, -0.05) is 12.1 Å². The van der Waals surface area contributed by atoms with Crippen LogP contribution in [0.15, 0.2) is 52.4 Å². The molecule has 3 aromatic rings. The third-order valence-electron chi connectivity index (χ3n) is 4.64. The summed E-state index contributed by atoms with van der Waals surface area (Å²) in [4.78, 5) is 17.2. The number of halogens is 1. The highest BCUT2D eigenvalue weighted by Crippen LogP contribution is 2.31. The first-order valence-corrected chi connectivity index (χ1v) is 9.53. The number of hydrogen-bond donors (Lipinski definition) is 1. The molecule has 0 unspecified atom stereocenters. The Morgan fingerprint density at radius 2 is 2.04 bits per heavy atom. The number of thioether (sulfide) groups is 1. The second kappa shape index (κ2) is 6.61. The Balaban J connectivity index is 1.94. The molecule has 0 bridgehead atoms. The molecule has 0 saturated heterocycles. The summed E-state index contributed by atoms with van der Waals surface area (Å²) in [6.07, 6.45) is 2.55. The summed E-state index contributed by atoms with van der Waals surface area (Å²) in [5.41, 5.74) is 3.35. The van der Waals surface area contributed by atoms with Crippen molar-refractivity contribution in [3.63, 3.8) is 0 Å². The third kappa shape index (κ3) is 2.80. The molecule has 0 aliphatic carbocycles. The van der Waals surface area contributed by atoms with Gasteiger partial charge in [-0.3, -0.25) is 14.4 Å². The van der Waals surface area contributed by atoms with Crippen LogP contribution in [0.2, 0.25) is 0 Å². The maximum Gasteiger partial charge on any atom is 0.307 e. The fraction of sp³-hybridized carbons (Fsp3) is 0.200. The fourth-order valence-electron chi connectivity index (χ4n) is 3.53. The van der Waals surface area contributed by atoms with E-state index in [1.807, 2.05) is 35.1 Å². The molecular formula is C20H17FN2O2S. The van der Waals surface area contributed by atoms with Crippen LogP contribution in [0.3, 0.4) is 0 Å². The van der Waals surface area contributed by atoms with Crippen LogP contribution < -0.4 is 0 Å². The van der Waals surface area contributed by atoms with E-state index >= 15 is 0 Å². The minimum atomic E-state index is -0.919. The first-order chi connectivity index (χ1) is 12.6. The Hall–Kier alpha value is -2.60. The molecular weight excluding hydrogens is 351 g/mol. The lowest BCUT2D eigenvalue weighted by Gasteiger charge is -2.19. The van der Waals surface area contributed by atoms with Crippen molar-refractivity contribution in [3.8, 4) is 0 Å². The lowest BCUT2D eigenvalue weighted by molar-refractivity contribution is -0.136. The van der Waals surface area contributed by atoms with E-state index in [1.165, 1.54) is 12.1 Å². The van der Waals surface area contributed by atoms with Crippen molar-refractivity contribution in [3.05, 3.63) is 65.1 Å². The van der Waals surface area contributed by atoms with Crippen molar-refractivity contribution in [2.45, 2.75) is 17.7 Å². The van der Waals surface area contributed by atoms with Gasteiger partial charge in [0.15, 0.2) is 0 Å². The molecule has 6 heteroatoms. The van der Waals surface area contributed by atoms with Gasteiger partial charge in [0, 0.05) is 34.5 Å². The van der Waals surface area contributed by atoms with Crippen LogP contribution in [0.1, 0.15) is 16.8 Å². The highest BCUT2D eigenvalue weighted by Gasteiger charge is 2.25. The molecule has 1 aromatic heterocycles. The first kappa shape index (κ1) is 16.8. The van der Waals surface area contributed by atoms with Crippen molar-refractivity contribution in [2.24, 2.45) is 4.99 Å². The van der Waals surface area contributed by atoms with Gasteiger partial charge in [-0.25, -0.2) is 4.39 Å². The van der Waals surface area contributed by atoms with Gasteiger partial charge in [0.25, 0.3) is 0 Å². The lowest BCUT2D eigenvalue weighted by Crippen LogP contribution is -2.22. The summed E-state index contributed by atoms with van der Waals surface area (Å²) in [6.45, 7) is 0.588. The van der Waals surface area contributed by atoms with Gasteiger partial charge < -0.3 is 5.11 Å². The summed E-state index contributed by atoms with van der Waals surface area (Å²) in [6, 6.07) is 12.7. The predicted molar refractivity (Wildman–Crippen MR) is 102 cm³/mol. The smallest absolute Gasteiger partial charge is 0.307 e. The van der Waals surface area contributed by atoms with E-state index in [4.69, 9.17) is 4.99 Å². The average molecular weight is 368 g/mol. The number of aliphatic imine (C=N–C) groups is 1. The van der Waals surface area contributed by atoms with Crippen LogP contribution in [0, 0.1) is 5.82 Å². The number of hydrogen-bond acceptors (Lipinski definition) is 3. The van der Waals surface area contributed by atoms with Crippen molar-refractivity contribution >= 4 is 34.5 Å². The van der Waals surface area contributed by atoms with Crippen LogP contribution >= 0.6 is 11.8 Å². The zero-order valence-corrected chi connectivity index (χ0v) is 15.0. The number of carboxylic acid groups (broad SMARTS) is 1. The highest BCUT2D eigenvalue weighted by atomic mass is 32.2. The number of fused-ring (bicyclic) bond motifs is 3. The molecule has 0 saturated carbocycles. The molecule has 0 spiro atoms. The summed E-state index contributed by atoms with van der Waals surface area (Å²) in [7, 11) is 0. The minimum absolute atomic E-state index is 0.124. The Bertz CT molecular complexity index is 1040. The van der Waals surface area contributed by atoms with E-state index < -0.39 is 5.97 Å². The predicted octanol–water partition coefficient (Wildman–Crippen LogP) is 3.98. The maximum absolute atomic E-state index is 13.8. The Kier molecular flexibility index (Phi) is 4.28. The van der Waals surface area contributed by atoms with Gasteiger partial charge in [-0.05, 0) is 42.2 Å². The number of carbonyl (C=O) groups is 1. The Morgan fingerprint density at radius 3 is 2.73 bits per heavy atom. The number of benzene rings is 2. The number of rotatable bonds is 4. The first-order valence-electron chi connectivity index (χ1n) is 8.31. The normalized spacial score (nSPS) is 13.5. The fourth-order valence-corrected chi connectivity index (χ4v) is 3.94. The summed E-state index contributed by atoms with van der Waals surface area (Å²) in [5, 5.41) is 9.97. The van der Waals surface area contributed by atoms with Gasteiger partial charge in [-0.2, -0.15) is 0 Å². The molecule has 0 fully saturated rings. The number of carboxylic acids is 1. The van der Waals surface area contributed by atoms with Crippen molar-refractivity contribution in [1.82, 2.24) is 4.57 Å². The standard InChI is InChI=1S/C20H17FN2O2S/c1-26-14-5-2-12(3-6-14)20-22-9-8-18-16(11-19(24)25)15-10-13(21)4-7-17(15)23(18)20/h2-7,10H,8-9,11H2,1H3,(H,24,25). The molecule has 26 heavy (non-hydrogen) atoms. The number of aliphatic carboxylic acids is 1. The van der Waals surface area contributed by atoms with E-state index in [1.54, 1.807) is 17.8 Å². The van der Waals surface area contributed by atoms with Gasteiger partial charge in [-0.15, -0.1) is 11.8 Å². The zero-order chi connectivity index (χ0) is 18.3. The van der Waals surface area contributed by atoms with E-state index in [-0.39, 0.29) is 12.2 Å². The second-order valence-corrected chi connectivity index (χ2v) is 7.06. The molecule has 2 heterocycles. The molecule has 4 rings (SSSR count). The molecule has 0 radical (unpaired) electrons. The molecule has 132 valence electrons. The molecule has 4 nitrogen and oxygen atoms in total. The van der Waals surface area contributed by atoms with E-state index in [2.05, 4.69) is 0 Å². The second-order valence-electron chi connectivity index (χ2n) is 6.18. The number of nitrogens with zero attached hydrogens (tertiary/aromatic N) is 2. The Morgan fingerprint density at radius 1 is 1.27 bits per heavy atom. The topological polar surface area (TPSA) is 54.6 Å². The summed E-state index contributed by atoms with van der Waals surface area (Å²) >= 11 is 1.67. The van der Waals surface area contributed by atoms with Gasteiger partial charge in [0.1, 0.15) is 11.7 Å². The van der Waals surface area contributed by atoms with E-state index in [9.17, 15) is 14.3 Å². The summed E-state index contributed by atoms with van der Waals surface area (Å²) < 4.78 is 15.8. The van der Waals surface area contributed by atoms with Crippen LogP contribution in [0.5, 0.6) is 0 Å². The van der Waals surface area contributed by atoms with E-state index in [0.29, 0.717) is 23.9 Å². The molecule has 1 N–H and O–H groups in total. The largest absolute Gasteiger partial charge is 0.481 e. The van der Waals surface area contributed by atoms with Crippen molar-refractivity contribution in [2.75, 3.05) is 12.8 Å². The van der Waals surface area contributed by atoms with Gasteiger partial charge in [0.05, 0.1) is 11.9 Å². The highest BCUT2D eigenvalue weighted by molar-refractivity contribution is 7.98. The Labute approximate surface area is 154 Å². The molecule has 2 aromatic carbocycles. The molecule has 1 aliphatic heterocycles. The number of aromatic nitrogens is 1. The average Bonchev–Trinajstić information content (AvgIpc) is 2.94. The van der Waals surface area contributed by atoms with Crippen LogP contribution in [-0.2, 0) is 17.6 Å². The van der Waals surface area contributed by atoms with Crippen LogP contribution in [0.25, 0.3) is 10.9 Å². The third-order valence-corrected chi connectivity index (χ3v) is 5.38. The SMILES string of the molecule is CSc1ccc(C2=NCCc3c(CC(=O)O)c4cc(F)ccc4n32)cc1. The zero-order valence-electron chi connectivity index (χ0n) is 14.2. The minimum Gasteiger partial charge on any atom is -0.481 e. The summed E-state index contributed by atoms with van der Waals surface area (Å²) in [5.74, 6) is -0.500. The van der Waals surface area contributed by atoms with Crippen LogP contribution in [0.4, 0.5) is 4.39 Å². The van der Waals surface area contributed by atoms with Gasteiger partial charge in [0.2, 0.25) is 0 Å².